The lowest BCUT2D eigenvalue weighted by molar-refractivity contribution is 0.0500. The molecular formula is C7H14F2. The summed E-state index contributed by atoms with van der Waals surface area (Å²) in [5.74, 6) is -0.306. The fourth-order valence-corrected chi connectivity index (χ4v) is 0.941. The van der Waals surface area contributed by atoms with Crippen LogP contribution < -0.4 is 0 Å². The SMILES string of the molecule is CC[C@@H](C(C)C)C(F)F. The van der Waals surface area contributed by atoms with E-state index in [-0.39, 0.29) is 5.92 Å². The topological polar surface area (TPSA) is 0 Å². The van der Waals surface area contributed by atoms with E-state index in [2.05, 4.69) is 0 Å². The van der Waals surface area contributed by atoms with Crippen molar-refractivity contribution in [3.05, 3.63) is 0 Å². The molecule has 9 heavy (non-hydrogen) atoms. The van der Waals surface area contributed by atoms with Gasteiger partial charge in [0, 0.05) is 5.92 Å². The minimum absolute atomic E-state index is 0.106. The first-order valence-corrected chi connectivity index (χ1v) is 3.37. The summed E-state index contributed by atoms with van der Waals surface area (Å²) >= 11 is 0. The first-order chi connectivity index (χ1) is 4.09. The number of hydrogen-bond donors (Lipinski definition) is 0. The van der Waals surface area contributed by atoms with E-state index < -0.39 is 12.3 Å². The van der Waals surface area contributed by atoms with Crippen LogP contribution in [0.3, 0.4) is 0 Å². The molecule has 2 heteroatoms. The third-order valence-corrected chi connectivity index (χ3v) is 1.65. The van der Waals surface area contributed by atoms with Crippen molar-refractivity contribution in [1.82, 2.24) is 0 Å². The molecule has 56 valence electrons. The van der Waals surface area contributed by atoms with Gasteiger partial charge in [0.05, 0.1) is 0 Å². The molecule has 0 saturated carbocycles. The highest BCUT2D eigenvalue weighted by atomic mass is 19.3. The third-order valence-electron chi connectivity index (χ3n) is 1.65. The Labute approximate surface area is 55.3 Å². The molecule has 0 aromatic carbocycles. The Hall–Kier alpha value is -0.140. The molecule has 0 radical (unpaired) electrons. The Morgan fingerprint density at radius 3 is 1.67 bits per heavy atom. The second-order valence-corrected chi connectivity index (χ2v) is 2.65. The predicted octanol–water partition coefficient (Wildman–Crippen LogP) is 2.93. The summed E-state index contributed by atoms with van der Waals surface area (Å²) in [6.07, 6.45) is -1.56. The van der Waals surface area contributed by atoms with E-state index >= 15 is 0 Å². The fraction of sp³-hybridized carbons (Fsp3) is 1.00. The molecule has 0 saturated heterocycles. The van der Waals surface area contributed by atoms with Gasteiger partial charge in [-0.1, -0.05) is 20.8 Å². The van der Waals surface area contributed by atoms with Gasteiger partial charge in [-0.3, -0.25) is 0 Å². The monoisotopic (exact) mass is 136 g/mol. The van der Waals surface area contributed by atoms with Crippen LogP contribution >= 0.6 is 0 Å². The molecule has 0 aliphatic rings. The molecular weight excluding hydrogens is 122 g/mol. The van der Waals surface area contributed by atoms with Crippen molar-refractivity contribution < 1.29 is 8.78 Å². The molecule has 0 aliphatic carbocycles. The Morgan fingerprint density at radius 2 is 1.67 bits per heavy atom. The van der Waals surface area contributed by atoms with Gasteiger partial charge in [-0.25, -0.2) is 8.78 Å². The highest BCUT2D eigenvalue weighted by Gasteiger charge is 2.20. The highest BCUT2D eigenvalue weighted by Crippen LogP contribution is 2.21. The molecule has 0 aliphatic heterocycles. The van der Waals surface area contributed by atoms with E-state index in [1.54, 1.807) is 6.92 Å². The minimum Gasteiger partial charge on any atom is -0.210 e. The van der Waals surface area contributed by atoms with Gasteiger partial charge >= 0.3 is 0 Å². The van der Waals surface area contributed by atoms with E-state index in [4.69, 9.17) is 0 Å². The fourth-order valence-electron chi connectivity index (χ4n) is 0.941. The number of halogens is 2. The predicted molar refractivity (Wildman–Crippen MR) is 34.6 cm³/mol. The molecule has 0 aromatic heterocycles. The van der Waals surface area contributed by atoms with Gasteiger partial charge < -0.3 is 0 Å². The summed E-state index contributed by atoms with van der Waals surface area (Å²) in [5, 5.41) is 0. The van der Waals surface area contributed by atoms with Crippen molar-refractivity contribution in [3.8, 4) is 0 Å². The zero-order valence-electron chi connectivity index (χ0n) is 6.20. The quantitative estimate of drug-likeness (QED) is 0.559. The standard InChI is InChI=1S/C7H14F2/c1-4-6(5(2)3)7(8)9/h5-7H,4H2,1-3H3/t6-/m0/s1. The van der Waals surface area contributed by atoms with Gasteiger partial charge in [-0.2, -0.15) is 0 Å². The average molecular weight is 136 g/mol. The van der Waals surface area contributed by atoms with Crippen LogP contribution in [0.1, 0.15) is 27.2 Å². The lowest BCUT2D eigenvalue weighted by Gasteiger charge is -2.16. The van der Waals surface area contributed by atoms with Crippen molar-refractivity contribution in [2.45, 2.75) is 33.6 Å². The molecule has 0 nitrogen and oxygen atoms in total. The van der Waals surface area contributed by atoms with Crippen molar-refractivity contribution in [2.24, 2.45) is 11.8 Å². The summed E-state index contributed by atoms with van der Waals surface area (Å²) in [4.78, 5) is 0. The first-order valence-electron chi connectivity index (χ1n) is 3.37. The molecule has 0 N–H and O–H groups in total. The number of rotatable bonds is 3. The molecule has 0 unspecified atom stereocenters. The molecule has 0 fully saturated rings. The van der Waals surface area contributed by atoms with Crippen LogP contribution in [0.25, 0.3) is 0 Å². The van der Waals surface area contributed by atoms with Crippen LogP contribution in [0, 0.1) is 11.8 Å². The molecule has 0 spiro atoms. The second-order valence-electron chi connectivity index (χ2n) is 2.65. The maximum Gasteiger partial charge on any atom is 0.241 e. The van der Waals surface area contributed by atoms with Gasteiger partial charge in [0.2, 0.25) is 6.43 Å². The number of hydrogen-bond acceptors (Lipinski definition) is 0. The van der Waals surface area contributed by atoms with Gasteiger partial charge in [0.1, 0.15) is 0 Å². The molecule has 0 heterocycles. The maximum atomic E-state index is 12.0. The molecule has 0 bridgehead atoms. The Bertz CT molecular complexity index is 61.3. The zero-order chi connectivity index (χ0) is 7.44. The second kappa shape index (κ2) is 3.80. The Balaban J connectivity index is 3.68. The van der Waals surface area contributed by atoms with Crippen molar-refractivity contribution in [3.63, 3.8) is 0 Å². The van der Waals surface area contributed by atoms with Crippen LogP contribution in [0.4, 0.5) is 8.78 Å². The Morgan fingerprint density at radius 1 is 1.22 bits per heavy atom. The minimum atomic E-state index is -2.14. The first kappa shape index (κ1) is 8.86. The van der Waals surface area contributed by atoms with Crippen LogP contribution in [-0.2, 0) is 0 Å². The van der Waals surface area contributed by atoms with Gasteiger partial charge in [0.15, 0.2) is 0 Å². The summed E-state index contributed by atoms with van der Waals surface area (Å²) < 4.78 is 23.9. The summed E-state index contributed by atoms with van der Waals surface area (Å²) in [6, 6.07) is 0. The van der Waals surface area contributed by atoms with Crippen LogP contribution in [0.5, 0.6) is 0 Å². The summed E-state index contributed by atoms with van der Waals surface area (Å²) in [7, 11) is 0. The van der Waals surface area contributed by atoms with E-state index in [1.165, 1.54) is 0 Å². The summed E-state index contributed by atoms with van der Waals surface area (Å²) in [5.41, 5.74) is 0. The molecule has 0 aromatic rings. The van der Waals surface area contributed by atoms with Crippen LogP contribution in [0.15, 0.2) is 0 Å². The van der Waals surface area contributed by atoms with E-state index in [0.717, 1.165) is 0 Å². The van der Waals surface area contributed by atoms with Crippen LogP contribution in [-0.4, -0.2) is 6.43 Å². The average Bonchev–Trinajstić information content (AvgIpc) is 1.64. The smallest absolute Gasteiger partial charge is 0.210 e. The van der Waals surface area contributed by atoms with Crippen molar-refractivity contribution >= 4 is 0 Å². The zero-order valence-corrected chi connectivity index (χ0v) is 6.20. The van der Waals surface area contributed by atoms with Gasteiger partial charge in [-0.05, 0) is 12.3 Å². The van der Waals surface area contributed by atoms with E-state index in [9.17, 15) is 8.78 Å². The number of alkyl halides is 2. The normalized spacial score (nSPS) is 15.0. The maximum absolute atomic E-state index is 12.0. The lowest BCUT2D eigenvalue weighted by Crippen LogP contribution is -2.16. The van der Waals surface area contributed by atoms with E-state index in [1.807, 2.05) is 13.8 Å². The summed E-state index contributed by atoms with van der Waals surface area (Å²) in [6.45, 7) is 5.47. The lowest BCUT2D eigenvalue weighted by atomic mass is 9.94. The van der Waals surface area contributed by atoms with Crippen molar-refractivity contribution in [2.75, 3.05) is 0 Å². The van der Waals surface area contributed by atoms with Gasteiger partial charge in [0.25, 0.3) is 0 Å². The Kier molecular flexibility index (Phi) is 3.75. The molecule has 0 rings (SSSR count). The third kappa shape index (κ3) is 2.78. The highest BCUT2D eigenvalue weighted by molar-refractivity contribution is 4.62. The molecule has 0 amide bonds. The van der Waals surface area contributed by atoms with Gasteiger partial charge in [-0.15, -0.1) is 0 Å². The largest absolute Gasteiger partial charge is 0.241 e. The van der Waals surface area contributed by atoms with E-state index in [0.29, 0.717) is 6.42 Å². The molecule has 1 atom stereocenters. The van der Waals surface area contributed by atoms with Crippen molar-refractivity contribution in [1.29, 1.82) is 0 Å². The van der Waals surface area contributed by atoms with Crippen LogP contribution in [0.2, 0.25) is 0 Å².